The van der Waals surface area contributed by atoms with Gasteiger partial charge in [-0.25, -0.2) is 18.0 Å². The van der Waals surface area contributed by atoms with Crippen LogP contribution in [0.4, 0.5) is 18.0 Å². The molecule has 3 heterocycles. The Kier molecular flexibility index (Phi) is 11.6. The summed E-state index contributed by atoms with van der Waals surface area (Å²) in [7, 11) is 0. The van der Waals surface area contributed by atoms with Gasteiger partial charge < -0.3 is 30.1 Å². The van der Waals surface area contributed by atoms with E-state index in [1.807, 2.05) is 39.8 Å². The van der Waals surface area contributed by atoms with Crippen molar-refractivity contribution in [2.75, 3.05) is 45.8 Å². The second kappa shape index (κ2) is 15.7. The van der Waals surface area contributed by atoms with Crippen LogP contribution in [0, 0.1) is 5.92 Å². The average Bonchev–Trinajstić information content (AvgIpc) is 3.51. The van der Waals surface area contributed by atoms with E-state index < -0.39 is 30.1 Å². The largest absolute Gasteiger partial charge is 0.508 e. The van der Waals surface area contributed by atoms with E-state index in [0.29, 0.717) is 43.2 Å². The summed E-state index contributed by atoms with van der Waals surface area (Å²) >= 11 is 0. The monoisotopic (exact) mass is 701 g/mol. The molecule has 2 aromatic carbocycles. The highest BCUT2D eigenvalue weighted by atomic mass is 19.3. The lowest BCUT2D eigenvalue weighted by Crippen LogP contribution is -2.49. The van der Waals surface area contributed by atoms with E-state index in [2.05, 4.69) is 20.0 Å². The number of piperazine rings is 1. The van der Waals surface area contributed by atoms with Gasteiger partial charge >= 0.3 is 6.09 Å². The van der Waals surface area contributed by atoms with Gasteiger partial charge in [0.2, 0.25) is 12.1 Å². The molecule has 5 rings (SSSR count). The molecule has 50 heavy (non-hydrogen) atoms. The van der Waals surface area contributed by atoms with E-state index in [0.717, 1.165) is 57.2 Å². The molecule has 2 saturated heterocycles. The van der Waals surface area contributed by atoms with Crippen LogP contribution >= 0.6 is 0 Å². The number of piperidine rings is 1. The third-order valence-corrected chi connectivity index (χ3v) is 9.02. The molecule has 1 aromatic heterocycles. The third-order valence-electron chi connectivity index (χ3n) is 9.02. The lowest BCUT2D eigenvalue weighted by Gasteiger charge is -2.39. The number of aromatic nitrogens is 3. The van der Waals surface area contributed by atoms with Crippen LogP contribution < -0.4 is 5.32 Å². The number of amides is 2. The van der Waals surface area contributed by atoms with Crippen molar-refractivity contribution in [3.05, 3.63) is 53.3 Å². The second-order valence-corrected chi connectivity index (χ2v) is 13.9. The topological polar surface area (TPSA) is 136 Å². The molecular weight excluding hydrogens is 655 g/mol. The van der Waals surface area contributed by atoms with Gasteiger partial charge in [0.1, 0.15) is 17.1 Å². The summed E-state index contributed by atoms with van der Waals surface area (Å²) < 4.78 is 46.4. The maximum atomic E-state index is 13.8. The van der Waals surface area contributed by atoms with E-state index >= 15 is 0 Å². The molecule has 3 aromatic rings. The first-order valence-electron chi connectivity index (χ1n) is 17.0. The van der Waals surface area contributed by atoms with Crippen LogP contribution in [-0.4, -0.2) is 116 Å². The number of likely N-dealkylation sites (tertiary alicyclic amines) is 1. The van der Waals surface area contributed by atoms with Crippen molar-refractivity contribution in [3.8, 4) is 28.6 Å². The Bertz CT molecular complexity index is 1630. The Hall–Kier alpha value is -4.37. The highest BCUT2D eigenvalue weighted by molar-refractivity contribution is 5.92. The molecule has 1 atom stereocenters. The van der Waals surface area contributed by atoms with E-state index in [1.165, 1.54) is 10.6 Å². The quantitative estimate of drug-likeness (QED) is 0.251. The van der Waals surface area contributed by atoms with Crippen LogP contribution in [0.1, 0.15) is 62.3 Å². The van der Waals surface area contributed by atoms with Gasteiger partial charge in [0.05, 0.1) is 5.56 Å². The number of nitrogens with zero attached hydrogens (tertiary/aromatic N) is 6. The summed E-state index contributed by atoms with van der Waals surface area (Å²) in [4.78, 5) is 31.9. The molecule has 0 spiro atoms. The molecule has 0 bridgehead atoms. The number of ether oxygens (including phenoxy) is 1. The number of phenols is 2. The number of carbonyl (C=O) groups is 2. The molecule has 2 aliphatic heterocycles. The summed E-state index contributed by atoms with van der Waals surface area (Å²) in [5.74, 6) is -1.58. The number of hydrogen-bond acceptors (Lipinski definition) is 9. The van der Waals surface area contributed by atoms with Gasteiger partial charge in [-0.15, -0.1) is 10.2 Å². The lowest BCUT2D eigenvalue weighted by molar-refractivity contribution is 0.0159. The molecule has 3 N–H and O–H groups in total. The van der Waals surface area contributed by atoms with Crippen LogP contribution in [0.5, 0.6) is 11.5 Å². The van der Waals surface area contributed by atoms with Gasteiger partial charge in [-0.2, -0.15) is 0 Å². The summed E-state index contributed by atoms with van der Waals surface area (Å²) in [6.45, 7) is 14.2. The fraction of sp³-hybridized carbons (Fsp3) is 0.543. The number of aromatic hydroxyl groups is 2. The standard InChI is InChI=1S/C35H46F3N7O5/c1-5-24-18-26(28(47)19-27(24)46)31-40-41-32(33(48)39-30(38)29(36)37)45(31)25-8-6-22(7-9-25)20-42-14-16-43(17-15-42)21-23-10-12-44(13-11-23)34(49)50-35(2,3)4/h6-9,18-19,23,29-30,46-47H,5,10-17,20-21H2,1-4H3,(H,39,48). The summed E-state index contributed by atoms with van der Waals surface area (Å²) in [6.07, 6.45) is -4.26. The molecule has 1 unspecified atom stereocenters. The molecule has 0 saturated carbocycles. The minimum Gasteiger partial charge on any atom is -0.508 e. The average molecular weight is 702 g/mol. The molecule has 12 nitrogen and oxygen atoms in total. The summed E-state index contributed by atoms with van der Waals surface area (Å²) in [5, 5.41) is 30.4. The van der Waals surface area contributed by atoms with Crippen LogP contribution in [0.2, 0.25) is 0 Å². The summed E-state index contributed by atoms with van der Waals surface area (Å²) in [5.41, 5.74) is 1.53. The molecule has 15 heteroatoms. The zero-order valence-corrected chi connectivity index (χ0v) is 28.9. The number of carbonyl (C=O) groups excluding carboxylic acids is 2. The zero-order valence-electron chi connectivity index (χ0n) is 28.9. The lowest BCUT2D eigenvalue weighted by atomic mass is 9.96. The maximum absolute atomic E-state index is 13.8. The van der Waals surface area contributed by atoms with E-state index in [1.54, 1.807) is 22.3 Å². The minimum absolute atomic E-state index is 0.00851. The first-order valence-corrected chi connectivity index (χ1v) is 17.0. The second-order valence-electron chi connectivity index (χ2n) is 13.9. The van der Waals surface area contributed by atoms with E-state index in [-0.39, 0.29) is 29.0 Å². The predicted molar refractivity (Wildman–Crippen MR) is 180 cm³/mol. The number of halogens is 3. The Balaban J connectivity index is 1.23. The van der Waals surface area contributed by atoms with Crippen molar-refractivity contribution in [3.63, 3.8) is 0 Å². The molecule has 0 radical (unpaired) electrons. The van der Waals surface area contributed by atoms with Gasteiger partial charge in [0, 0.05) is 64.1 Å². The van der Waals surface area contributed by atoms with Gasteiger partial charge in [0.15, 0.2) is 5.82 Å². The fourth-order valence-electron chi connectivity index (χ4n) is 6.32. The Labute approximate surface area is 289 Å². The third kappa shape index (κ3) is 9.04. The maximum Gasteiger partial charge on any atom is 0.410 e. The first kappa shape index (κ1) is 36.9. The zero-order chi connectivity index (χ0) is 36.2. The molecule has 2 fully saturated rings. The smallest absolute Gasteiger partial charge is 0.410 e. The predicted octanol–water partition coefficient (Wildman–Crippen LogP) is 4.96. The first-order chi connectivity index (χ1) is 23.7. The van der Waals surface area contributed by atoms with Crippen LogP contribution in [0.25, 0.3) is 17.1 Å². The molecule has 0 aliphatic carbocycles. The number of aryl methyl sites for hydroxylation is 1. The van der Waals surface area contributed by atoms with Gasteiger partial charge in [-0.1, -0.05) is 19.1 Å². The van der Waals surface area contributed by atoms with Gasteiger partial charge in [-0.05, 0) is 75.3 Å². The molecular formula is C35H46F3N7O5. The number of hydrogen-bond donors (Lipinski definition) is 3. The Morgan fingerprint density at radius 2 is 1.58 bits per heavy atom. The summed E-state index contributed by atoms with van der Waals surface area (Å²) in [6, 6.07) is 9.84. The van der Waals surface area contributed by atoms with Crippen LogP contribution in [0.15, 0.2) is 36.4 Å². The normalized spacial score (nSPS) is 17.2. The Morgan fingerprint density at radius 3 is 2.18 bits per heavy atom. The highest BCUT2D eigenvalue weighted by Crippen LogP contribution is 2.36. The molecule has 272 valence electrons. The van der Waals surface area contributed by atoms with Crippen molar-refractivity contribution in [2.24, 2.45) is 5.92 Å². The van der Waals surface area contributed by atoms with Gasteiger partial charge in [-0.3, -0.25) is 14.3 Å². The van der Waals surface area contributed by atoms with Crippen LogP contribution in [0.3, 0.4) is 0 Å². The van der Waals surface area contributed by atoms with E-state index in [4.69, 9.17) is 4.74 Å². The number of nitrogens with one attached hydrogen (secondary N) is 1. The van der Waals surface area contributed by atoms with Crippen molar-refractivity contribution >= 4 is 12.0 Å². The number of rotatable bonds is 10. The van der Waals surface area contributed by atoms with Crippen molar-refractivity contribution in [1.82, 2.24) is 34.8 Å². The minimum atomic E-state index is -3.44. The number of alkyl halides is 3. The number of phenolic OH excluding ortho intramolecular Hbond substituents is 2. The SMILES string of the molecule is CCc1cc(-c2nnc(C(=O)NC(F)C(F)F)n2-c2ccc(CN3CCN(CC4CCN(C(=O)OC(C)(C)C)CC4)CC3)cc2)c(O)cc1O. The highest BCUT2D eigenvalue weighted by Gasteiger charge is 2.30. The van der Waals surface area contributed by atoms with Crippen molar-refractivity contribution < 1.29 is 37.7 Å². The van der Waals surface area contributed by atoms with Crippen LogP contribution in [-0.2, 0) is 17.7 Å². The fourth-order valence-corrected chi connectivity index (χ4v) is 6.32. The van der Waals surface area contributed by atoms with Gasteiger partial charge in [0.25, 0.3) is 12.3 Å². The Morgan fingerprint density at radius 1 is 0.940 bits per heavy atom. The molecule has 2 amide bonds. The van der Waals surface area contributed by atoms with Crippen molar-refractivity contribution in [1.29, 1.82) is 0 Å². The van der Waals surface area contributed by atoms with Crippen molar-refractivity contribution in [2.45, 2.75) is 71.8 Å². The van der Waals surface area contributed by atoms with E-state index in [9.17, 15) is 33.0 Å². The number of benzene rings is 2. The molecule has 2 aliphatic rings.